The Hall–Kier alpha value is -1.20. The number of nitrogens with one attached hydrogen (secondary N) is 1. The molecule has 0 aliphatic rings. The molecule has 0 atom stereocenters. The maximum Gasteiger partial charge on any atom is 0.149 e. The summed E-state index contributed by atoms with van der Waals surface area (Å²) in [6, 6.07) is 2.90. The predicted molar refractivity (Wildman–Crippen MR) is 77.9 cm³/mol. The van der Waals surface area contributed by atoms with E-state index in [1.54, 1.807) is 20.9 Å². The van der Waals surface area contributed by atoms with Gasteiger partial charge in [-0.2, -0.15) is 0 Å². The van der Waals surface area contributed by atoms with E-state index in [9.17, 15) is 13.9 Å². The summed E-state index contributed by atoms with van der Waals surface area (Å²) in [7, 11) is 1.56. The summed E-state index contributed by atoms with van der Waals surface area (Å²) >= 11 is 0. The Morgan fingerprint density at radius 3 is 2.15 bits per heavy atom. The number of aliphatic hydroxyl groups is 1. The van der Waals surface area contributed by atoms with Crippen molar-refractivity contribution in [3.8, 4) is 0 Å². The van der Waals surface area contributed by atoms with Gasteiger partial charge in [0.15, 0.2) is 0 Å². The first-order valence-electron chi connectivity index (χ1n) is 6.75. The van der Waals surface area contributed by atoms with Crippen molar-refractivity contribution in [2.24, 2.45) is 0 Å². The van der Waals surface area contributed by atoms with Crippen LogP contribution in [0.1, 0.15) is 33.3 Å². The van der Waals surface area contributed by atoms with Gasteiger partial charge < -0.3 is 15.3 Å². The monoisotopic (exact) mass is 286 g/mol. The first kappa shape index (κ1) is 16.9. The molecule has 0 saturated heterocycles. The zero-order valence-corrected chi connectivity index (χ0v) is 12.8. The average Bonchev–Trinajstić information content (AvgIpc) is 2.22. The highest BCUT2D eigenvalue weighted by atomic mass is 19.1. The van der Waals surface area contributed by atoms with Crippen LogP contribution in [0.3, 0.4) is 0 Å². The van der Waals surface area contributed by atoms with Crippen LogP contribution in [-0.2, 0) is 6.54 Å². The summed E-state index contributed by atoms with van der Waals surface area (Å²) in [5.41, 5.74) is -0.569. The SMILES string of the molecule is CC(C)NCc1cc(F)c(N(C)CC(C)(C)O)c(F)c1. The first-order chi connectivity index (χ1) is 9.10. The molecule has 20 heavy (non-hydrogen) atoms. The molecule has 0 spiro atoms. The van der Waals surface area contributed by atoms with E-state index in [0.717, 1.165) is 0 Å². The third-order valence-electron chi connectivity index (χ3n) is 2.80. The molecule has 0 unspecified atom stereocenters. The molecular weight excluding hydrogens is 262 g/mol. The number of nitrogens with zero attached hydrogens (tertiary/aromatic N) is 1. The summed E-state index contributed by atoms with van der Waals surface area (Å²) in [6.45, 7) is 7.70. The lowest BCUT2D eigenvalue weighted by Crippen LogP contribution is -2.37. The molecule has 114 valence electrons. The molecule has 2 N–H and O–H groups in total. The van der Waals surface area contributed by atoms with Crippen LogP contribution in [0.5, 0.6) is 0 Å². The van der Waals surface area contributed by atoms with Gasteiger partial charge in [-0.05, 0) is 31.5 Å². The van der Waals surface area contributed by atoms with E-state index < -0.39 is 17.2 Å². The van der Waals surface area contributed by atoms with Gasteiger partial charge in [0.05, 0.1) is 5.60 Å². The maximum atomic E-state index is 14.1. The van der Waals surface area contributed by atoms with Crippen molar-refractivity contribution < 1.29 is 13.9 Å². The van der Waals surface area contributed by atoms with Crippen molar-refractivity contribution in [1.29, 1.82) is 0 Å². The van der Waals surface area contributed by atoms with Crippen LogP contribution in [-0.4, -0.2) is 30.3 Å². The summed E-state index contributed by atoms with van der Waals surface area (Å²) < 4.78 is 28.1. The fourth-order valence-corrected chi connectivity index (χ4v) is 2.07. The van der Waals surface area contributed by atoms with Gasteiger partial charge in [-0.1, -0.05) is 13.8 Å². The number of hydrogen-bond acceptors (Lipinski definition) is 3. The minimum Gasteiger partial charge on any atom is -0.389 e. The smallest absolute Gasteiger partial charge is 0.149 e. The van der Waals surface area contributed by atoms with Gasteiger partial charge in [-0.3, -0.25) is 0 Å². The van der Waals surface area contributed by atoms with Gasteiger partial charge >= 0.3 is 0 Å². The van der Waals surface area contributed by atoms with E-state index in [2.05, 4.69) is 5.32 Å². The Balaban J connectivity index is 2.94. The molecule has 0 aliphatic carbocycles. The van der Waals surface area contributed by atoms with E-state index in [1.165, 1.54) is 17.0 Å². The lowest BCUT2D eigenvalue weighted by molar-refractivity contribution is 0.0883. The molecule has 1 aromatic rings. The molecule has 1 rings (SSSR count). The molecule has 0 bridgehead atoms. The zero-order chi connectivity index (χ0) is 15.5. The Kier molecular flexibility index (Phi) is 5.48. The van der Waals surface area contributed by atoms with Crippen LogP contribution in [0.4, 0.5) is 14.5 Å². The topological polar surface area (TPSA) is 35.5 Å². The molecule has 1 aromatic carbocycles. The molecular formula is C15H24F2N2O. The predicted octanol–water partition coefficient (Wildman–Crippen LogP) is 2.67. The maximum absolute atomic E-state index is 14.1. The van der Waals surface area contributed by atoms with Crippen molar-refractivity contribution >= 4 is 5.69 Å². The lowest BCUT2D eigenvalue weighted by Gasteiger charge is -2.28. The number of hydrogen-bond donors (Lipinski definition) is 2. The van der Waals surface area contributed by atoms with E-state index in [1.807, 2.05) is 13.8 Å². The van der Waals surface area contributed by atoms with Crippen LogP contribution in [0, 0.1) is 11.6 Å². The minimum absolute atomic E-state index is 0.111. The number of rotatable bonds is 6. The van der Waals surface area contributed by atoms with Gasteiger partial charge in [-0.15, -0.1) is 0 Å². The van der Waals surface area contributed by atoms with Gasteiger partial charge in [0, 0.05) is 26.2 Å². The fourth-order valence-electron chi connectivity index (χ4n) is 2.07. The van der Waals surface area contributed by atoms with Crippen LogP contribution < -0.4 is 10.2 Å². The number of anilines is 1. The van der Waals surface area contributed by atoms with E-state index in [0.29, 0.717) is 12.1 Å². The number of benzene rings is 1. The first-order valence-corrected chi connectivity index (χ1v) is 6.75. The van der Waals surface area contributed by atoms with Crippen LogP contribution >= 0.6 is 0 Å². The molecule has 0 aromatic heterocycles. The van der Waals surface area contributed by atoms with Crippen LogP contribution in [0.2, 0.25) is 0 Å². The van der Waals surface area contributed by atoms with E-state index in [-0.39, 0.29) is 18.3 Å². The highest BCUT2D eigenvalue weighted by molar-refractivity contribution is 5.50. The third-order valence-corrected chi connectivity index (χ3v) is 2.80. The third kappa shape index (κ3) is 5.06. The molecule has 0 radical (unpaired) electrons. The van der Waals surface area contributed by atoms with E-state index in [4.69, 9.17) is 0 Å². The number of likely N-dealkylation sites (N-methyl/N-ethyl adjacent to an activating group) is 1. The largest absolute Gasteiger partial charge is 0.389 e. The van der Waals surface area contributed by atoms with E-state index >= 15 is 0 Å². The second-order valence-electron chi connectivity index (χ2n) is 6.11. The van der Waals surface area contributed by atoms with Crippen molar-refractivity contribution in [1.82, 2.24) is 5.32 Å². The summed E-state index contributed by atoms with van der Waals surface area (Å²) in [5.74, 6) is -1.23. The second kappa shape index (κ2) is 6.50. The van der Waals surface area contributed by atoms with Gasteiger partial charge in [-0.25, -0.2) is 8.78 Å². The van der Waals surface area contributed by atoms with Gasteiger partial charge in [0.25, 0.3) is 0 Å². The Bertz CT molecular complexity index is 433. The summed E-state index contributed by atoms with van der Waals surface area (Å²) in [6.07, 6.45) is 0. The second-order valence-corrected chi connectivity index (χ2v) is 6.11. The normalized spacial score (nSPS) is 12.1. The van der Waals surface area contributed by atoms with Crippen molar-refractivity contribution in [3.63, 3.8) is 0 Å². The van der Waals surface area contributed by atoms with Crippen molar-refractivity contribution in [2.45, 2.75) is 45.9 Å². The lowest BCUT2D eigenvalue weighted by atomic mass is 10.1. The van der Waals surface area contributed by atoms with Crippen molar-refractivity contribution in [3.05, 3.63) is 29.3 Å². The molecule has 0 saturated carbocycles. The van der Waals surface area contributed by atoms with Crippen molar-refractivity contribution in [2.75, 3.05) is 18.5 Å². The van der Waals surface area contributed by atoms with Gasteiger partial charge in [0.1, 0.15) is 17.3 Å². The molecule has 0 aliphatic heterocycles. The fraction of sp³-hybridized carbons (Fsp3) is 0.600. The Morgan fingerprint density at radius 1 is 1.25 bits per heavy atom. The highest BCUT2D eigenvalue weighted by Gasteiger charge is 2.21. The minimum atomic E-state index is -1.02. The molecule has 0 heterocycles. The molecule has 0 fully saturated rings. The highest BCUT2D eigenvalue weighted by Crippen LogP contribution is 2.25. The molecule has 0 amide bonds. The average molecular weight is 286 g/mol. The standard InChI is InChI=1S/C15H24F2N2O/c1-10(2)18-8-11-6-12(16)14(13(17)7-11)19(5)9-15(3,4)20/h6-7,10,18,20H,8-9H2,1-5H3. The Morgan fingerprint density at radius 2 is 1.75 bits per heavy atom. The zero-order valence-electron chi connectivity index (χ0n) is 12.8. The van der Waals surface area contributed by atoms with Gasteiger partial charge in [0.2, 0.25) is 0 Å². The quantitative estimate of drug-likeness (QED) is 0.844. The summed E-state index contributed by atoms with van der Waals surface area (Å²) in [5, 5.41) is 12.9. The molecule has 3 nitrogen and oxygen atoms in total. The van der Waals surface area contributed by atoms with Crippen LogP contribution in [0.25, 0.3) is 0 Å². The summed E-state index contributed by atoms with van der Waals surface area (Å²) in [4.78, 5) is 1.39. The molecule has 5 heteroatoms. The number of halogens is 2. The Labute approximate surface area is 119 Å². The van der Waals surface area contributed by atoms with Crippen LogP contribution in [0.15, 0.2) is 12.1 Å².